The molecule has 4 N–H and O–H groups in total. The van der Waals surface area contributed by atoms with Crippen LogP contribution in [-0.2, 0) is 9.59 Å². The number of ether oxygens (including phenoxy) is 1. The molecule has 2 aromatic heterocycles. The quantitative estimate of drug-likeness (QED) is 0.224. The largest absolute Gasteiger partial charge is 0.496 e. The molecule has 41 heavy (non-hydrogen) atoms. The summed E-state index contributed by atoms with van der Waals surface area (Å²) in [5.41, 5.74) is 0.996. The summed E-state index contributed by atoms with van der Waals surface area (Å²) in [5.74, 6) is -1.28. The molecule has 1 fully saturated rings. The number of fused-ring (bicyclic) bond motifs is 2. The standard InChI is InChI=1S/C30H33N5O5S/c1-30(2,3)25(35-27(38)21-15-17-18(32-21)9-7-10-22(17)40-4)28(39)33-20(14-16-12-13-31-26(16)37)24(36)29-34-19-8-5-6-11-23(19)41-29/h5-11,15-16,20,25,32H,12-14H2,1-4H3,(H,31,37)(H,33,39)(H,35,38)/t16-,20-,25+/m0/s1. The Hall–Kier alpha value is -4.25. The van der Waals surface area contributed by atoms with E-state index in [-0.39, 0.29) is 28.8 Å². The van der Waals surface area contributed by atoms with Crippen molar-refractivity contribution in [2.45, 2.75) is 45.7 Å². The molecule has 2 aromatic carbocycles. The van der Waals surface area contributed by atoms with Gasteiger partial charge in [-0.3, -0.25) is 19.2 Å². The fraction of sp³-hybridized carbons (Fsp3) is 0.367. The number of Topliss-reactive ketones (excluding diaryl/α,β-unsaturated/α-hetero) is 1. The Labute approximate surface area is 241 Å². The maximum atomic E-state index is 13.8. The Morgan fingerprint density at radius 2 is 1.90 bits per heavy atom. The van der Waals surface area contributed by atoms with Gasteiger partial charge in [-0.15, -0.1) is 11.3 Å². The monoisotopic (exact) mass is 575 g/mol. The van der Waals surface area contributed by atoms with Gasteiger partial charge < -0.3 is 25.7 Å². The lowest BCUT2D eigenvalue weighted by Crippen LogP contribution is -2.57. The third-order valence-electron chi connectivity index (χ3n) is 7.31. The molecule has 3 heterocycles. The van der Waals surface area contributed by atoms with Crippen LogP contribution in [0.3, 0.4) is 0 Å². The number of amides is 3. The summed E-state index contributed by atoms with van der Waals surface area (Å²) in [6.45, 7) is 6.02. The first-order valence-electron chi connectivity index (χ1n) is 13.5. The second-order valence-corrected chi connectivity index (χ2v) is 12.3. The van der Waals surface area contributed by atoms with Crippen molar-refractivity contribution in [2.24, 2.45) is 11.3 Å². The summed E-state index contributed by atoms with van der Waals surface area (Å²) in [5, 5.41) is 9.52. The van der Waals surface area contributed by atoms with Crippen molar-refractivity contribution < 1.29 is 23.9 Å². The van der Waals surface area contributed by atoms with Gasteiger partial charge in [0.05, 0.1) is 23.4 Å². The molecule has 0 aliphatic carbocycles. The lowest BCUT2D eigenvalue weighted by atomic mass is 9.85. The van der Waals surface area contributed by atoms with Crippen molar-refractivity contribution in [1.29, 1.82) is 0 Å². The van der Waals surface area contributed by atoms with Crippen LogP contribution in [0.2, 0.25) is 0 Å². The lowest BCUT2D eigenvalue weighted by Gasteiger charge is -2.32. The highest BCUT2D eigenvalue weighted by atomic mass is 32.1. The highest BCUT2D eigenvalue weighted by molar-refractivity contribution is 7.20. The summed E-state index contributed by atoms with van der Waals surface area (Å²) in [6.07, 6.45) is 0.709. The molecule has 0 saturated carbocycles. The van der Waals surface area contributed by atoms with Crippen molar-refractivity contribution in [2.75, 3.05) is 13.7 Å². The van der Waals surface area contributed by atoms with E-state index in [4.69, 9.17) is 4.74 Å². The Bertz CT molecular complexity index is 1600. The van der Waals surface area contributed by atoms with Gasteiger partial charge in [-0.05, 0) is 48.6 Å². The number of nitrogens with zero attached hydrogens (tertiary/aromatic N) is 1. The molecule has 1 saturated heterocycles. The van der Waals surface area contributed by atoms with Crippen LogP contribution >= 0.6 is 11.3 Å². The summed E-state index contributed by atoms with van der Waals surface area (Å²) in [6, 6.07) is 12.6. The predicted molar refractivity (Wildman–Crippen MR) is 157 cm³/mol. The number of hydrogen-bond donors (Lipinski definition) is 4. The van der Waals surface area contributed by atoms with Crippen LogP contribution in [0.5, 0.6) is 5.75 Å². The van der Waals surface area contributed by atoms with Gasteiger partial charge >= 0.3 is 0 Å². The van der Waals surface area contributed by atoms with Crippen molar-refractivity contribution in [3.05, 3.63) is 59.2 Å². The topological polar surface area (TPSA) is 142 Å². The minimum atomic E-state index is -0.990. The third kappa shape index (κ3) is 5.95. The number of rotatable bonds is 9. The molecule has 214 valence electrons. The van der Waals surface area contributed by atoms with Crippen molar-refractivity contribution in [1.82, 2.24) is 25.9 Å². The molecule has 4 aromatic rings. The molecule has 3 atom stereocenters. The maximum absolute atomic E-state index is 13.8. The number of aromatic amines is 1. The molecule has 3 amide bonds. The van der Waals surface area contributed by atoms with Crippen LogP contribution in [0.15, 0.2) is 48.5 Å². The molecule has 11 heteroatoms. The highest BCUT2D eigenvalue weighted by Gasteiger charge is 2.38. The third-order valence-corrected chi connectivity index (χ3v) is 8.36. The van der Waals surface area contributed by atoms with E-state index in [2.05, 4.69) is 25.9 Å². The molecule has 1 aliphatic heterocycles. The molecule has 1 aliphatic rings. The molecule has 10 nitrogen and oxygen atoms in total. The predicted octanol–water partition coefficient (Wildman–Crippen LogP) is 3.82. The Kier molecular flexibility index (Phi) is 7.81. The molecular weight excluding hydrogens is 542 g/mol. The van der Waals surface area contributed by atoms with Crippen molar-refractivity contribution in [3.8, 4) is 5.75 Å². The van der Waals surface area contributed by atoms with Gasteiger partial charge in [0.15, 0.2) is 5.01 Å². The van der Waals surface area contributed by atoms with Crippen molar-refractivity contribution in [3.63, 3.8) is 0 Å². The van der Waals surface area contributed by atoms with Crippen LogP contribution in [0, 0.1) is 11.3 Å². The van der Waals surface area contributed by atoms with Gasteiger partial charge in [0.1, 0.15) is 17.5 Å². The van der Waals surface area contributed by atoms with Gasteiger partial charge in [-0.25, -0.2) is 4.98 Å². The normalized spacial score (nSPS) is 16.8. The zero-order chi connectivity index (χ0) is 29.3. The number of benzene rings is 2. The van der Waals surface area contributed by atoms with E-state index in [0.717, 1.165) is 15.6 Å². The van der Waals surface area contributed by atoms with Gasteiger partial charge in [0.2, 0.25) is 17.6 Å². The number of carbonyl (C=O) groups excluding carboxylic acids is 4. The van der Waals surface area contributed by atoms with E-state index in [1.165, 1.54) is 11.3 Å². The zero-order valence-corrected chi connectivity index (χ0v) is 24.2. The Morgan fingerprint density at radius 3 is 2.59 bits per heavy atom. The molecule has 5 rings (SSSR count). The van der Waals surface area contributed by atoms with Gasteiger partial charge in [0, 0.05) is 23.4 Å². The van der Waals surface area contributed by atoms with E-state index < -0.39 is 35.2 Å². The minimum absolute atomic E-state index is 0.138. The van der Waals surface area contributed by atoms with Crippen LogP contribution in [0.4, 0.5) is 0 Å². The average Bonchev–Trinajstić information content (AvgIpc) is 3.67. The Morgan fingerprint density at radius 1 is 1.12 bits per heavy atom. The summed E-state index contributed by atoms with van der Waals surface area (Å²) >= 11 is 1.25. The fourth-order valence-corrected chi connectivity index (χ4v) is 6.04. The smallest absolute Gasteiger partial charge is 0.268 e. The molecule has 0 bridgehead atoms. The van der Waals surface area contributed by atoms with E-state index in [1.807, 2.05) is 57.2 Å². The number of hydrogen-bond acceptors (Lipinski definition) is 7. The maximum Gasteiger partial charge on any atom is 0.268 e. The molecular formula is C30H33N5O5S. The first-order chi connectivity index (χ1) is 19.5. The SMILES string of the molecule is COc1cccc2[nH]c(C(=O)N[C@H](C(=O)N[C@@H](C[C@@H]3CCNC3=O)C(=O)c3nc4ccccc4s3)C(C)(C)C)cc12. The number of thiazole rings is 1. The van der Waals surface area contributed by atoms with Crippen LogP contribution in [0.1, 0.15) is 53.9 Å². The van der Waals surface area contributed by atoms with E-state index in [9.17, 15) is 19.2 Å². The molecule has 0 unspecified atom stereocenters. The highest BCUT2D eigenvalue weighted by Crippen LogP contribution is 2.28. The van der Waals surface area contributed by atoms with Crippen LogP contribution in [0.25, 0.3) is 21.1 Å². The number of ketones is 1. The second kappa shape index (κ2) is 11.3. The first kappa shape index (κ1) is 28.3. The van der Waals surface area contributed by atoms with E-state index in [0.29, 0.717) is 24.2 Å². The number of H-pyrrole nitrogens is 1. The number of nitrogens with one attached hydrogen (secondary N) is 4. The van der Waals surface area contributed by atoms with Gasteiger partial charge in [-0.1, -0.05) is 39.0 Å². The van der Waals surface area contributed by atoms with Crippen LogP contribution < -0.4 is 20.7 Å². The number of carbonyl (C=O) groups is 4. The number of methoxy groups -OCH3 is 1. The molecule has 0 radical (unpaired) electrons. The zero-order valence-electron chi connectivity index (χ0n) is 23.4. The van der Waals surface area contributed by atoms with Crippen molar-refractivity contribution >= 4 is 56.0 Å². The fourth-order valence-electron chi connectivity index (χ4n) is 5.08. The van der Waals surface area contributed by atoms with E-state index >= 15 is 0 Å². The average molecular weight is 576 g/mol. The van der Waals surface area contributed by atoms with Crippen LogP contribution in [-0.4, -0.2) is 59.2 Å². The second-order valence-electron chi connectivity index (χ2n) is 11.3. The first-order valence-corrected chi connectivity index (χ1v) is 14.3. The lowest BCUT2D eigenvalue weighted by molar-refractivity contribution is -0.127. The number of para-hydroxylation sites is 1. The minimum Gasteiger partial charge on any atom is -0.496 e. The molecule has 0 spiro atoms. The van der Waals surface area contributed by atoms with E-state index in [1.54, 1.807) is 19.2 Å². The number of aromatic nitrogens is 2. The van der Waals surface area contributed by atoms with Gasteiger partial charge in [-0.2, -0.15) is 0 Å². The summed E-state index contributed by atoms with van der Waals surface area (Å²) in [7, 11) is 1.56. The Balaban J connectivity index is 1.40. The van der Waals surface area contributed by atoms with Gasteiger partial charge in [0.25, 0.3) is 5.91 Å². The summed E-state index contributed by atoms with van der Waals surface area (Å²) < 4.78 is 6.25. The summed E-state index contributed by atoms with van der Waals surface area (Å²) in [4.78, 5) is 60.8.